The van der Waals surface area contributed by atoms with Gasteiger partial charge >= 0.3 is 5.97 Å². The average Bonchev–Trinajstić information content (AvgIpc) is 3.46. The normalized spacial score (nSPS) is 13.4. The van der Waals surface area contributed by atoms with Crippen molar-refractivity contribution in [3.8, 4) is 0 Å². The number of aromatic nitrogens is 3. The average molecular weight is 431 g/mol. The molecule has 0 bridgehead atoms. The first-order valence-corrected chi connectivity index (χ1v) is 11.4. The Morgan fingerprint density at radius 3 is 2.90 bits per heavy atom. The predicted octanol–water partition coefficient (Wildman–Crippen LogP) is 3.33. The maximum atomic E-state index is 12.8. The van der Waals surface area contributed by atoms with E-state index in [-0.39, 0.29) is 12.5 Å². The Morgan fingerprint density at radius 1 is 1.34 bits per heavy atom. The molecule has 4 heterocycles. The number of thiophene rings is 1. The van der Waals surface area contributed by atoms with Crippen LogP contribution in [0.25, 0.3) is 0 Å². The second-order valence-electron chi connectivity index (χ2n) is 6.82. The van der Waals surface area contributed by atoms with E-state index in [0.717, 1.165) is 23.4 Å². The highest BCUT2D eigenvalue weighted by molar-refractivity contribution is 7.09. The van der Waals surface area contributed by atoms with E-state index >= 15 is 0 Å². The summed E-state index contributed by atoms with van der Waals surface area (Å²) >= 11 is 3.13. The Morgan fingerprint density at radius 2 is 2.21 bits per heavy atom. The van der Waals surface area contributed by atoms with Crippen LogP contribution in [0.5, 0.6) is 0 Å². The van der Waals surface area contributed by atoms with Gasteiger partial charge in [0, 0.05) is 47.4 Å². The molecule has 1 amide bonds. The molecule has 4 rings (SSSR count). The second-order valence-corrected chi connectivity index (χ2v) is 8.54. The molecule has 0 spiro atoms. The third kappa shape index (κ3) is 3.97. The quantitative estimate of drug-likeness (QED) is 0.561. The zero-order valence-corrected chi connectivity index (χ0v) is 18.0. The number of fused-ring (bicyclic) bond motifs is 1. The van der Waals surface area contributed by atoms with Crippen LogP contribution in [0.2, 0.25) is 0 Å². The number of nitrogens with zero attached hydrogens (tertiary/aromatic N) is 4. The van der Waals surface area contributed by atoms with Crippen molar-refractivity contribution >= 4 is 34.6 Å². The smallest absolute Gasteiger partial charge is 0.359 e. The Kier molecular flexibility index (Phi) is 5.77. The van der Waals surface area contributed by atoms with Crippen molar-refractivity contribution in [3.05, 3.63) is 55.4 Å². The van der Waals surface area contributed by atoms with Crippen molar-refractivity contribution in [2.24, 2.45) is 0 Å². The SMILES string of the molecule is CCOC(=O)c1nn(CCc2scnc2C)c2c1CN(C(=O)c1ccsc1)CC2. The highest BCUT2D eigenvalue weighted by atomic mass is 32.1. The van der Waals surface area contributed by atoms with Crippen LogP contribution in [0.3, 0.4) is 0 Å². The Balaban J connectivity index is 1.61. The van der Waals surface area contributed by atoms with Crippen molar-refractivity contribution in [2.45, 2.75) is 39.8 Å². The molecular weight excluding hydrogens is 408 g/mol. The van der Waals surface area contributed by atoms with Gasteiger partial charge in [-0.1, -0.05) is 0 Å². The third-order valence-corrected chi connectivity index (χ3v) is 6.73. The highest BCUT2D eigenvalue weighted by Crippen LogP contribution is 2.26. The monoisotopic (exact) mass is 430 g/mol. The van der Waals surface area contributed by atoms with E-state index in [1.54, 1.807) is 23.2 Å². The summed E-state index contributed by atoms with van der Waals surface area (Å²) < 4.78 is 7.13. The van der Waals surface area contributed by atoms with Crippen molar-refractivity contribution in [3.63, 3.8) is 0 Å². The zero-order valence-electron chi connectivity index (χ0n) is 16.4. The molecule has 0 fully saturated rings. The maximum Gasteiger partial charge on any atom is 0.359 e. The number of amides is 1. The number of thiazole rings is 1. The van der Waals surface area contributed by atoms with E-state index in [1.807, 2.05) is 33.9 Å². The van der Waals surface area contributed by atoms with Crippen LogP contribution < -0.4 is 0 Å². The van der Waals surface area contributed by atoms with Gasteiger partial charge in [0.15, 0.2) is 5.69 Å². The van der Waals surface area contributed by atoms with E-state index in [9.17, 15) is 9.59 Å². The Hall–Kier alpha value is -2.52. The first kappa shape index (κ1) is 19.8. The van der Waals surface area contributed by atoms with Gasteiger partial charge < -0.3 is 9.64 Å². The zero-order chi connectivity index (χ0) is 20.4. The molecule has 0 atom stereocenters. The lowest BCUT2D eigenvalue weighted by Crippen LogP contribution is -2.36. The van der Waals surface area contributed by atoms with Gasteiger partial charge in [-0.15, -0.1) is 11.3 Å². The van der Waals surface area contributed by atoms with Crippen LogP contribution in [0.1, 0.15) is 49.6 Å². The number of hydrogen-bond donors (Lipinski definition) is 0. The van der Waals surface area contributed by atoms with Gasteiger partial charge in [0.05, 0.1) is 29.9 Å². The predicted molar refractivity (Wildman–Crippen MR) is 112 cm³/mol. The summed E-state index contributed by atoms with van der Waals surface area (Å²) in [4.78, 5) is 32.6. The van der Waals surface area contributed by atoms with E-state index < -0.39 is 5.97 Å². The summed E-state index contributed by atoms with van der Waals surface area (Å²) in [6.45, 7) is 5.72. The molecule has 0 unspecified atom stereocenters. The topological polar surface area (TPSA) is 77.3 Å². The van der Waals surface area contributed by atoms with Crippen LogP contribution in [0.4, 0.5) is 0 Å². The van der Waals surface area contributed by atoms with Gasteiger partial charge in [-0.25, -0.2) is 9.78 Å². The fourth-order valence-electron chi connectivity index (χ4n) is 3.55. The summed E-state index contributed by atoms with van der Waals surface area (Å²) in [5, 5.41) is 8.33. The van der Waals surface area contributed by atoms with E-state index in [1.165, 1.54) is 16.2 Å². The number of aryl methyl sites for hydroxylation is 3. The van der Waals surface area contributed by atoms with Crippen molar-refractivity contribution in [2.75, 3.05) is 13.2 Å². The maximum absolute atomic E-state index is 12.8. The number of hydrogen-bond acceptors (Lipinski definition) is 7. The molecule has 29 heavy (non-hydrogen) atoms. The molecule has 9 heteroatoms. The number of rotatable bonds is 6. The molecule has 3 aromatic heterocycles. The van der Waals surface area contributed by atoms with Gasteiger partial charge in [0.1, 0.15) is 0 Å². The fourth-order valence-corrected chi connectivity index (χ4v) is 4.96. The van der Waals surface area contributed by atoms with E-state index in [0.29, 0.717) is 37.3 Å². The summed E-state index contributed by atoms with van der Waals surface area (Å²) in [6.07, 6.45) is 1.48. The van der Waals surface area contributed by atoms with Crippen LogP contribution >= 0.6 is 22.7 Å². The lowest BCUT2D eigenvalue weighted by atomic mass is 10.0. The highest BCUT2D eigenvalue weighted by Gasteiger charge is 2.31. The van der Waals surface area contributed by atoms with Gasteiger partial charge in [0.25, 0.3) is 5.91 Å². The molecule has 0 aromatic carbocycles. The number of esters is 1. The third-order valence-electron chi connectivity index (χ3n) is 5.05. The van der Waals surface area contributed by atoms with Crippen LogP contribution in [-0.2, 0) is 30.7 Å². The summed E-state index contributed by atoms with van der Waals surface area (Å²) in [5.74, 6) is -0.443. The lowest BCUT2D eigenvalue weighted by molar-refractivity contribution is 0.0513. The van der Waals surface area contributed by atoms with Crippen LogP contribution in [0.15, 0.2) is 22.3 Å². The molecule has 0 saturated carbocycles. The first-order chi connectivity index (χ1) is 14.1. The van der Waals surface area contributed by atoms with Gasteiger partial charge in [-0.3, -0.25) is 9.48 Å². The van der Waals surface area contributed by atoms with Gasteiger partial charge in [0.2, 0.25) is 0 Å². The minimum Gasteiger partial charge on any atom is -0.461 e. The van der Waals surface area contributed by atoms with Crippen molar-refractivity contribution in [1.82, 2.24) is 19.7 Å². The standard InChI is InChI=1S/C20H22N4O3S2/c1-3-27-20(26)18-15-10-23(19(25)14-6-9-28-11-14)7-4-16(15)24(22-18)8-5-17-13(2)21-12-29-17/h6,9,11-12H,3-5,7-8,10H2,1-2H3. The molecule has 0 radical (unpaired) electrons. The number of ether oxygens (including phenoxy) is 1. The Labute approximate surface area is 176 Å². The van der Waals surface area contributed by atoms with Gasteiger partial charge in [-0.05, 0) is 25.3 Å². The van der Waals surface area contributed by atoms with Crippen LogP contribution in [-0.4, -0.2) is 44.7 Å². The lowest BCUT2D eigenvalue weighted by Gasteiger charge is -2.27. The molecule has 3 aromatic rings. The molecule has 1 aliphatic rings. The summed E-state index contributed by atoms with van der Waals surface area (Å²) in [6, 6.07) is 1.83. The molecular formula is C20H22N4O3S2. The minimum atomic E-state index is -0.429. The molecule has 0 saturated heterocycles. The second kappa shape index (κ2) is 8.46. The van der Waals surface area contributed by atoms with E-state index in [2.05, 4.69) is 10.1 Å². The Bertz CT molecular complexity index is 1020. The van der Waals surface area contributed by atoms with Crippen molar-refractivity contribution < 1.29 is 14.3 Å². The fraction of sp³-hybridized carbons (Fsp3) is 0.400. The number of carbonyl (C=O) groups is 2. The number of carbonyl (C=O) groups excluding carboxylic acids is 2. The molecule has 1 aliphatic heterocycles. The largest absolute Gasteiger partial charge is 0.461 e. The molecule has 0 N–H and O–H groups in total. The minimum absolute atomic E-state index is 0.0141. The van der Waals surface area contributed by atoms with Crippen LogP contribution in [0, 0.1) is 6.92 Å². The van der Waals surface area contributed by atoms with Crippen molar-refractivity contribution in [1.29, 1.82) is 0 Å². The van der Waals surface area contributed by atoms with E-state index in [4.69, 9.17) is 4.74 Å². The molecule has 7 nitrogen and oxygen atoms in total. The first-order valence-electron chi connectivity index (χ1n) is 9.54. The molecule has 0 aliphatic carbocycles. The summed E-state index contributed by atoms with van der Waals surface area (Å²) in [7, 11) is 0. The molecule has 152 valence electrons. The van der Waals surface area contributed by atoms with Gasteiger partial charge in [-0.2, -0.15) is 16.4 Å². The summed E-state index contributed by atoms with van der Waals surface area (Å²) in [5.41, 5.74) is 5.72.